The second kappa shape index (κ2) is 10.3. The van der Waals surface area contributed by atoms with Gasteiger partial charge in [0.1, 0.15) is 23.5 Å². The van der Waals surface area contributed by atoms with E-state index in [2.05, 4.69) is 10.6 Å². The van der Waals surface area contributed by atoms with Crippen LogP contribution in [-0.4, -0.2) is 41.1 Å². The van der Waals surface area contributed by atoms with Gasteiger partial charge in [-0.25, -0.2) is 0 Å². The average Bonchev–Trinajstić information content (AvgIpc) is 3.14. The molecule has 9 nitrogen and oxygen atoms in total. The highest BCUT2D eigenvalue weighted by Crippen LogP contribution is 2.46. The van der Waals surface area contributed by atoms with E-state index < -0.39 is 18.0 Å². The normalized spacial score (nSPS) is 16.9. The molecule has 168 valence electrons. The van der Waals surface area contributed by atoms with E-state index in [9.17, 15) is 19.8 Å². The summed E-state index contributed by atoms with van der Waals surface area (Å²) in [4.78, 5) is 24.0. The molecule has 9 heteroatoms. The van der Waals surface area contributed by atoms with E-state index in [1.807, 2.05) is 0 Å². The van der Waals surface area contributed by atoms with Crippen LogP contribution in [0.25, 0.3) is 6.08 Å². The van der Waals surface area contributed by atoms with Crippen LogP contribution in [-0.2, 0) is 9.59 Å². The lowest BCUT2D eigenvalue weighted by Crippen LogP contribution is -2.31. The maximum atomic E-state index is 12.0. The van der Waals surface area contributed by atoms with Gasteiger partial charge in [-0.2, -0.15) is 0 Å². The van der Waals surface area contributed by atoms with Crippen molar-refractivity contribution < 1.29 is 24.5 Å². The lowest BCUT2D eigenvalue weighted by atomic mass is 9.90. The second-order valence-electron chi connectivity index (χ2n) is 7.42. The van der Waals surface area contributed by atoms with Crippen LogP contribution in [0.15, 0.2) is 48.5 Å². The van der Waals surface area contributed by atoms with Gasteiger partial charge in [-0.05, 0) is 54.3 Å². The number of carboxylic acid groups (broad SMARTS) is 1. The molecule has 0 saturated carbocycles. The molecule has 32 heavy (non-hydrogen) atoms. The Bertz CT molecular complexity index is 1020. The number of carbonyl (C=O) groups excluding carboxylic acids is 1. The number of hydrogen-bond donors (Lipinski definition) is 6. The first kappa shape index (κ1) is 22.7. The minimum Gasteiger partial charge on any atom is -0.508 e. The minimum absolute atomic E-state index is 0.0729. The molecule has 0 spiro atoms. The summed E-state index contributed by atoms with van der Waals surface area (Å²) >= 11 is 0. The molecular weight excluding hydrogens is 412 g/mol. The molecule has 1 aliphatic heterocycles. The van der Waals surface area contributed by atoms with E-state index in [0.29, 0.717) is 35.5 Å². The molecular formula is C23H26N4O5. The van der Waals surface area contributed by atoms with Crippen LogP contribution in [0, 0.1) is 5.41 Å². The van der Waals surface area contributed by atoms with Crippen molar-refractivity contribution >= 4 is 23.9 Å². The molecule has 0 bridgehead atoms. The molecule has 1 aliphatic rings. The lowest BCUT2D eigenvalue weighted by molar-refractivity contribution is -0.140. The number of phenolic OH excluding ortho intramolecular Hbond substituents is 1. The number of carbonyl (C=O) groups is 2. The fourth-order valence-corrected chi connectivity index (χ4v) is 3.49. The number of hydrogen-bond acceptors (Lipinski definition) is 5. The Balaban J connectivity index is 1.62. The summed E-state index contributed by atoms with van der Waals surface area (Å²) in [5, 5.41) is 31.8. The Morgan fingerprint density at radius 3 is 2.44 bits per heavy atom. The van der Waals surface area contributed by atoms with Gasteiger partial charge in [-0.1, -0.05) is 18.2 Å². The number of guanidine groups is 1. The van der Waals surface area contributed by atoms with Crippen LogP contribution < -0.4 is 21.1 Å². The van der Waals surface area contributed by atoms with Crippen molar-refractivity contribution in [2.24, 2.45) is 5.73 Å². The number of ether oxygens (including phenoxy) is 1. The molecule has 1 heterocycles. The number of phenols is 1. The number of benzene rings is 2. The maximum Gasteiger partial charge on any atom is 0.315 e. The number of amides is 1. The molecule has 1 amide bonds. The largest absolute Gasteiger partial charge is 0.508 e. The number of unbranched alkanes of at least 4 members (excludes halogenated alkanes) is 1. The van der Waals surface area contributed by atoms with Gasteiger partial charge in [0, 0.05) is 24.7 Å². The molecule has 0 fully saturated rings. The van der Waals surface area contributed by atoms with Gasteiger partial charge < -0.3 is 31.3 Å². The predicted octanol–water partition coefficient (Wildman–Crippen LogP) is 2.09. The average molecular weight is 438 g/mol. The molecule has 2 aromatic carbocycles. The quantitative estimate of drug-likeness (QED) is 0.151. The fourth-order valence-electron chi connectivity index (χ4n) is 3.49. The Morgan fingerprint density at radius 1 is 1.09 bits per heavy atom. The highest BCUT2D eigenvalue weighted by atomic mass is 16.5. The van der Waals surface area contributed by atoms with Gasteiger partial charge in [0.2, 0.25) is 5.91 Å². The van der Waals surface area contributed by atoms with Gasteiger partial charge in [0.15, 0.2) is 5.96 Å². The first-order valence-corrected chi connectivity index (χ1v) is 10.2. The number of nitrogens with one attached hydrogen (secondary N) is 3. The Kier molecular flexibility index (Phi) is 7.33. The van der Waals surface area contributed by atoms with Crippen molar-refractivity contribution in [3.05, 3.63) is 65.2 Å². The van der Waals surface area contributed by atoms with Crippen molar-refractivity contribution in [3.8, 4) is 11.5 Å². The third-order valence-corrected chi connectivity index (χ3v) is 5.06. The zero-order chi connectivity index (χ0) is 23.1. The van der Waals surface area contributed by atoms with Crippen LogP contribution >= 0.6 is 0 Å². The summed E-state index contributed by atoms with van der Waals surface area (Å²) in [5.74, 6) is -1.67. The highest BCUT2D eigenvalue weighted by molar-refractivity contribution is 5.91. The first-order chi connectivity index (χ1) is 15.3. The maximum absolute atomic E-state index is 12.0. The van der Waals surface area contributed by atoms with Crippen LogP contribution in [0.1, 0.15) is 41.6 Å². The van der Waals surface area contributed by atoms with Crippen molar-refractivity contribution in [1.29, 1.82) is 5.41 Å². The topological polar surface area (TPSA) is 158 Å². The molecule has 7 N–H and O–H groups in total. The van der Waals surface area contributed by atoms with Gasteiger partial charge >= 0.3 is 5.97 Å². The number of aliphatic carboxylic acids is 1. The third-order valence-electron chi connectivity index (χ3n) is 5.06. The molecule has 0 radical (unpaired) electrons. The monoisotopic (exact) mass is 438 g/mol. The van der Waals surface area contributed by atoms with Crippen molar-refractivity contribution in [1.82, 2.24) is 10.6 Å². The van der Waals surface area contributed by atoms with E-state index in [1.165, 1.54) is 18.2 Å². The molecule has 0 unspecified atom stereocenters. The highest BCUT2D eigenvalue weighted by Gasteiger charge is 2.40. The van der Waals surface area contributed by atoms with E-state index in [0.717, 1.165) is 12.8 Å². The molecule has 2 atom stereocenters. The number of carboxylic acids is 1. The fraction of sp³-hybridized carbons (Fsp3) is 0.261. The van der Waals surface area contributed by atoms with Crippen LogP contribution in [0.5, 0.6) is 11.5 Å². The van der Waals surface area contributed by atoms with Crippen LogP contribution in [0.4, 0.5) is 0 Å². The summed E-state index contributed by atoms with van der Waals surface area (Å²) in [7, 11) is 0. The Morgan fingerprint density at radius 2 is 1.78 bits per heavy atom. The smallest absolute Gasteiger partial charge is 0.315 e. The predicted molar refractivity (Wildman–Crippen MR) is 119 cm³/mol. The molecule has 0 saturated heterocycles. The SMILES string of the molecule is N=C(N)NCCCCNC(=O)/C=C/c1ccc2c(c1)[C@H](C(=O)O)[C@@H](c1ccc(O)cc1)O2. The summed E-state index contributed by atoms with van der Waals surface area (Å²) in [5.41, 5.74) is 7.07. The van der Waals surface area contributed by atoms with Crippen molar-refractivity contribution in [2.75, 3.05) is 13.1 Å². The summed E-state index contributed by atoms with van der Waals surface area (Å²) in [6, 6.07) is 11.4. The first-order valence-electron chi connectivity index (χ1n) is 10.2. The zero-order valence-electron chi connectivity index (χ0n) is 17.4. The molecule has 2 aromatic rings. The summed E-state index contributed by atoms with van der Waals surface area (Å²) in [6.07, 6.45) is 3.84. The van der Waals surface area contributed by atoms with Gasteiger partial charge in [-0.15, -0.1) is 0 Å². The molecule has 0 aliphatic carbocycles. The van der Waals surface area contributed by atoms with Gasteiger partial charge in [-0.3, -0.25) is 15.0 Å². The summed E-state index contributed by atoms with van der Waals surface area (Å²) < 4.78 is 5.90. The number of rotatable bonds is 9. The zero-order valence-corrected chi connectivity index (χ0v) is 17.4. The van der Waals surface area contributed by atoms with Crippen molar-refractivity contribution in [2.45, 2.75) is 24.9 Å². The van der Waals surface area contributed by atoms with Crippen LogP contribution in [0.3, 0.4) is 0 Å². The van der Waals surface area contributed by atoms with E-state index >= 15 is 0 Å². The molecule has 0 aromatic heterocycles. The number of nitrogens with two attached hydrogens (primary N) is 1. The van der Waals surface area contributed by atoms with E-state index in [4.69, 9.17) is 15.9 Å². The van der Waals surface area contributed by atoms with E-state index in [1.54, 1.807) is 36.4 Å². The Hall–Kier alpha value is -4.01. The standard InChI is InChI=1S/C23H26N4O5/c24-23(25)27-12-2-1-11-26-19(29)10-4-14-3-9-18-17(13-14)20(22(30)31)21(32-18)15-5-7-16(28)8-6-15/h3-10,13,20-21,28H,1-2,11-12H2,(H,26,29)(H,30,31)(H4,24,25,27)/b10-4+/t20-,21+/m0/s1. The molecule has 3 rings (SSSR count). The summed E-state index contributed by atoms with van der Waals surface area (Å²) in [6.45, 7) is 1.07. The minimum atomic E-state index is -1.01. The number of aromatic hydroxyl groups is 1. The van der Waals surface area contributed by atoms with Crippen LogP contribution in [0.2, 0.25) is 0 Å². The second-order valence-corrected chi connectivity index (χ2v) is 7.42. The van der Waals surface area contributed by atoms with Gasteiger partial charge in [0.05, 0.1) is 0 Å². The van der Waals surface area contributed by atoms with E-state index in [-0.39, 0.29) is 17.6 Å². The Labute approximate surface area is 185 Å². The van der Waals surface area contributed by atoms with Gasteiger partial charge in [0.25, 0.3) is 0 Å². The number of fused-ring (bicyclic) bond motifs is 1. The van der Waals surface area contributed by atoms with Crippen molar-refractivity contribution in [3.63, 3.8) is 0 Å². The lowest BCUT2D eigenvalue weighted by Gasteiger charge is -2.16. The third kappa shape index (κ3) is 5.78.